The quantitative estimate of drug-likeness (QED) is 0.519. The largest absolute Gasteiger partial charge is 0.464 e. The van der Waals surface area contributed by atoms with Crippen molar-refractivity contribution in [2.45, 2.75) is 19.6 Å². The molecule has 27 heavy (non-hydrogen) atoms. The van der Waals surface area contributed by atoms with Crippen LogP contribution in [0.15, 0.2) is 30.6 Å². The Morgan fingerprint density at radius 2 is 2.11 bits per heavy atom. The summed E-state index contributed by atoms with van der Waals surface area (Å²) in [4.78, 5) is 23.2. The van der Waals surface area contributed by atoms with Crippen molar-refractivity contribution in [1.29, 1.82) is 0 Å². The number of carbonyl (C=O) groups excluding carboxylic acids is 1. The smallest absolute Gasteiger partial charge is 0.416 e. The van der Waals surface area contributed by atoms with Gasteiger partial charge in [0.2, 0.25) is 5.95 Å². The molecule has 0 atom stereocenters. The van der Waals surface area contributed by atoms with Gasteiger partial charge < -0.3 is 14.6 Å². The van der Waals surface area contributed by atoms with Gasteiger partial charge in [0.1, 0.15) is 12.1 Å². The highest BCUT2D eigenvalue weighted by Gasteiger charge is 2.30. The zero-order chi connectivity index (χ0) is 19.6. The van der Waals surface area contributed by atoms with E-state index in [2.05, 4.69) is 20.3 Å². The number of aromatic nitrogens is 4. The molecule has 2 heterocycles. The number of carbonyl (C=O) groups is 1. The molecule has 1 N–H and O–H groups in total. The van der Waals surface area contributed by atoms with E-state index in [9.17, 15) is 18.0 Å². The average Bonchev–Trinajstić information content (AvgIpc) is 2.97. The van der Waals surface area contributed by atoms with Crippen LogP contribution in [-0.2, 0) is 22.3 Å². The number of benzene rings is 1. The van der Waals surface area contributed by atoms with Crippen LogP contribution in [0.25, 0.3) is 11.2 Å². The molecular weight excluding hydrogens is 387 g/mol. The molecule has 0 saturated carbocycles. The van der Waals surface area contributed by atoms with Gasteiger partial charge in [-0.05, 0) is 18.2 Å². The van der Waals surface area contributed by atoms with Gasteiger partial charge in [-0.2, -0.15) is 23.1 Å². The number of halogens is 4. The zero-order valence-corrected chi connectivity index (χ0v) is 14.7. The minimum atomic E-state index is -4.46. The van der Waals surface area contributed by atoms with E-state index >= 15 is 0 Å². The molecule has 3 aromatic rings. The molecule has 0 aliphatic heterocycles. The fourth-order valence-corrected chi connectivity index (χ4v) is 2.62. The average molecular weight is 400 g/mol. The van der Waals surface area contributed by atoms with Crippen molar-refractivity contribution in [3.63, 3.8) is 0 Å². The van der Waals surface area contributed by atoms with Gasteiger partial charge in [-0.25, -0.2) is 4.98 Å². The molecule has 0 aliphatic rings. The molecule has 0 spiro atoms. The zero-order valence-electron chi connectivity index (χ0n) is 13.9. The Morgan fingerprint density at radius 3 is 2.81 bits per heavy atom. The molecule has 1 aromatic carbocycles. The summed E-state index contributed by atoms with van der Waals surface area (Å²) in [6.07, 6.45) is -3.00. The summed E-state index contributed by atoms with van der Waals surface area (Å²) in [7, 11) is 0. The van der Waals surface area contributed by atoms with Gasteiger partial charge in [0.15, 0.2) is 10.8 Å². The van der Waals surface area contributed by atoms with E-state index < -0.39 is 17.7 Å². The van der Waals surface area contributed by atoms with Crippen molar-refractivity contribution in [1.82, 2.24) is 19.5 Å². The lowest BCUT2D eigenvalue weighted by Crippen LogP contribution is -2.08. The van der Waals surface area contributed by atoms with Crippen LogP contribution in [0.2, 0.25) is 5.15 Å². The van der Waals surface area contributed by atoms with Crippen LogP contribution in [-0.4, -0.2) is 32.1 Å². The first-order valence-corrected chi connectivity index (χ1v) is 8.08. The van der Waals surface area contributed by atoms with Crippen molar-refractivity contribution in [3.05, 3.63) is 41.3 Å². The molecule has 11 heteroatoms. The topological polar surface area (TPSA) is 81.9 Å². The van der Waals surface area contributed by atoms with Gasteiger partial charge in [-0.1, -0.05) is 17.7 Å². The Hall–Kier alpha value is -2.88. The third kappa shape index (κ3) is 4.45. The molecule has 0 aliphatic carbocycles. The third-order valence-electron chi connectivity index (χ3n) is 3.51. The summed E-state index contributed by atoms with van der Waals surface area (Å²) >= 11 is 6.18. The highest BCUT2D eigenvalue weighted by atomic mass is 35.5. The highest BCUT2D eigenvalue weighted by molar-refractivity contribution is 6.33. The number of nitrogens with zero attached hydrogens (tertiary/aromatic N) is 4. The van der Waals surface area contributed by atoms with Crippen LogP contribution in [0.4, 0.5) is 24.8 Å². The van der Waals surface area contributed by atoms with E-state index in [0.717, 1.165) is 12.1 Å². The first-order chi connectivity index (χ1) is 12.7. The Labute approximate surface area is 156 Å². The minimum absolute atomic E-state index is 0.0112. The van der Waals surface area contributed by atoms with E-state index in [-0.39, 0.29) is 29.0 Å². The molecule has 0 amide bonds. The van der Waals surface area contributed by atoms with Crippen molar-refractivity contribution in [2.75, 3.05) is 11.9 Å². The molecule has 0 bridgehead atoms. The van der Waals surface area contributed by atoms with Gasteiger partial charge >= 0.3 is 12.1 Å². The summed E-state index contributed by atoms with van der Waals surface area (Å²) in [6, 6.07) is 4.63. The fourth-order valence-electron chi connectivity index (χ4n) is 2.35. The van der Waals surface area contributed by atoms with E-state index in [4.69, 9.17) is 16.3 Å². The maximum Gasteiger partial charge on any atom is 0.416 e. The molecule has 3 rings (SSSR count). The molecule has 0 saturated heterocycles. The van der Waals surface area contributed by atoms with E-state index in [1.165, 1.54) is 25.4 Å². The molecule has 0 radical (unpaired) electrons. The fraction of sp³-hybridized carbons (Fsp3) is 0.250. The summed E-state index contributed by atoms with van der Waals surface area (Å²) in [5, 5.41) is 2.76. The number of anilines is 2. The summed E-state index contributed by atoms with van der Waals surface area (Å²) in [5.74, 6) is -0.397. The Kier molecular flexibility index (Phi) is 5.17. The first kappa shape index (κ1) is 18.9. The lowest BCUT2D eigenvalue weighted by atomic mass is 10.2. The van der Waals surface area contributed by atoms with Crippen LogP contribution in [0.5, 0.6) is 0 Å². The third-order valence-corrected chi connectivity index (χ3v) is 3.78. The monoisotopic (exact) mass is 399 g/mol. The van der Waals surface area contributed by atoms with Crippen molar-refractivity contribution in [3.8, 4) is 0 Å². The SMILES string of the molecule is CC(=O)OCCn1cnc2nc(Nc3cccc(C(F)(F)F)c3)nc(Cl)c21. The first-order valence-electron chi connectivity index (χ1n) is 7.70. The number of esters is 1. The summed E-state index contributed by atoms with van der Waals surface area (Å²) < 4.78 is 44.9. The van der Waals surface area contributed by atoms with Gasteiger partial charge in [-0.3, -0.25) is 4.79 Å². The lowest BCUT2D eigenvalue weighted by molar-refractivity contribution is -0.141. The van der Waals surface area contributed by atoms with Crippen molar-refractivity contribution < 1.29 is 22.7 Å². The number of hydrogen-bond acceptors (Lipinski definition) is 6. The second kappa shape index (κ2) is 7.39. The molecule has 2 aromatic heterocycles. The minimum Gasteiger partial charge on any atom is -0.464 e. The van der Waals surface area contributed by atoms with Crippen molar-refractivity contribution >= 4 is 40.4 Å². The molecule has 7 nitrogen and oxygen atoms in total. The lowest BCUT2D eigenvalue weighted by Gasteiger charge is -2.10. The predicted molar refractivity (Wildman–Crippen MR) is 91.7 cm³/mol. The Bertz CT molecular complexity index is 990. The highest BCUT2D eigenvalue weighted by Crippen LogP contribution is 2.31. The number of nitrogens with one attached hydrogen (secondary N) is 1. The molecule has 0 fully saturated rings. The summed E-state index contributed by atoms with van der Waals surface area (Å²) in [5.41, 5.74) is 0.0506. The van der Waals surface area contributed by atoms with Gasteiger partial charge in [0, 0.05) is 12.6 Å². The number of ether oxygens (including phenoxy) is 1. The standard InChI is InChI=1S/C16H13ClF3N5O2/c1-9(26)27-6-5-25-8-21-14-12(25)13(17)23-15(24-14)22-11-4-2-3-10(7-11)16(18,19)20/h2-4,7-8H,5-6H2,1H3,(H,22,23,24). The number of imidazole rings is 1. The van der Waals surface area contributed by atoms with E-state index in [1.807, 2.05) is 0 Å². The van der Waals surface area contributed by atoms with E-state index in [1.54, 1.807) is 4.57 Å². The molecular formula is C16H13ClF3N5O2. The number of alkyl halides is 3. The predicted octanol–water partition coefficient (Wildman–Crippen LogP) is 3.81. The Balaban J connectivity index is 1.84. The van der Waals surface area contributed by atoms with E-state index in [0.29, 0.717) is 12.1 Å². The van der Waals surface area contributed by atoms with Crippen molar-refractivity contribution in [2.24, 2.45) is 0 Å². The molecule has 0 unspecified atom stereocenters. The second-order valence-electron chi connectivity index (χ2n) is 5.49. The number of fused-ring (bicyclic) bond motifs is 1. The van der Waals surface area contributed by atoms with Gasteiger partial charge in [0.25, 0.3) is 0 Å². The van der Waals surface area contributed by atoms with Crippen LogP contribution >= 0.6 is 11.6 Å². The number of hydrogen-bond donors (Lipinski definition) is 1. The number of rotatable bonds is 5. The molecule has 142 valence electrons. The maximum atomic E-state index is 12.8. The second-order valence-corrected chi connectivity index (χ2v) is 5.85. The Morgan fingerprint density at radius 1 is 1.33 bits per heavy atom. The van der Waals surface area contributed by atoms with Gasteiger partial charge in [-0.15, -0.1) is 0 Å². The van der Waals surface area contributed by atoms with Crippen LogP contribution in [0.3, 0.4) is 0 Å². The summed E-state index contributed by atoms with van der Waals surface area (Å²) in [6.45, 7) is 1.73. The van der Waals surface area contributed by atoms with Crippen LogP contribution < -0.4 is 5.32 Å². The van der Waals surface area contributed by atoms with Crippen LogP contribution in [0.1, 0.15) is 12.5 Å². The maximum absolute atomic E-state index is 12.8. The van der Waals surface area contributed by atoms with Crippen LogP contribution in [0, 0.1) is 0 Å². The normalized spacial score (nSPS) is 11.6. The van der Waals surface area contributed by atoms with Gasteiger partial charge in [0.05, 0.1) is 18.4 Å².